The zero-order chi connectivity index (χ0) is 17.4. The maximum Gasteiger partial charge on any atom is 0.119 e. The molecule has 0 saturated heterocycles. The second-order valence-corrected chi connectivity index (χ2v) is 7.47. The predicted molar refractivity (Wildman–Crippen MR) is 101 cm³/mol. The van der Waals surface area contributed by atoms with Crippen LogP contribution in [0.2, 0.25) is 0 Å². The van der Waals surface area contributed by atoms with Crippen LogP contribution >= 0.6 is 11.3 Å². The van der Waals surface area contributed by atoms with Crippen LogP contribution in [0, 0.1) is 0 Å². The molecule has 1 aliphatic rings. The van der Waals surface area contributed by atoms with Gasteiger partial charge in [-0.15, -0.1) is 11.3 Å². The molecule has 2 atom stereocenters. The lowest BCUT2D eigenvalue weighted by Crippen LogP contribution is -2.31. The van der Waals surface area contributed by atoms with Crippen LogP contribution in [0.15, 0.2) is 41.9 Å². The highest BCUT2D eigenvalue weighted by Gasteiger charge is 2.25. The third-order valence-electron chi connectivity index (χ3n) is 5.17. The Morgan fingerprint density at radius 2 is 2.16 bits per heavy atom. The Labute approximate surface area is 151 Å². The van der Waals surface area contributed by atoms with Crippen molar-refractivity contribution >= 4 is 21.6 Å². The SMILES string of the molecule is COc1ccc2c(c1)CCN([C@@H](C)c1ccc3scnc3c1)C[C@@H]2O. The van der Waals surface area contributed by atoms with Crippen LogP contribution in [0.1, 0.15) is 35.8 Å². The zero-order valence-corrected chi connectivity index (χ0v) is 15.3. The van der Waals surface area contributed by atoms with Crippen molar-refractivity contribution in [1.29, 1.82) is 0 Å². The lowest BCUT2D eigenvalue weighted by Gasteiger charge is -2.29. The summed E-state index contributed by atoms with van der Waals surface area (Å²) in [6.07, 6.45) is 0.432. The average Bonchev–Trinajstić information content (AvgIpc) is 3.05. The third kappa shape index (κ3) is 3.15. The fourth-order valence-electron chi connectivity index (χ4n) is 3.62. The molecule has 0 radical (unpaired) electrons. The Kier molecular flexibility index (Phi) is 4.46. The fourth-order valence-corrected chi connectivity index (χ4v) is 4.28. The molecule has 0 spiro atoms. The quantitative estimate of drug-likeness (QED) is 0.773. The molecular weight excluding hydrogens is 332 g/mol. The van der Waals surface area contributed by atoms with E-state index in [1.807, 2.05) is 23.7 Å². The Balaban J connectivity index is 1.59. The van der Waals surface area contributed by atoms with E-state index >= 15 is 0 Å². The van der Waals surface area contributed by atoms with Crippen molar-refractivity contribution in [3.8, 4) is 5.75 Å². The first-order valence-corrected chi connectivity index (χ1v) is 9.46. The van der Waals surface area contributed by atoms with Gasteiger partial charge in [-0.2, -0.15) is 0 Å². The van der Waals surface area contributed by atoms with E-state index in [4.69, 9.17) is 4.74 Å². The number of aromatic nitrogens is 1. The van der Waals surface area contributed by atoms with Gasteiger partial charge in [0.25, 0.3) is 0 Å². The number of aliphatic hydroxyl groups excluding tert-OH is 1. The lowest BCUT2D eigenvalue weighted by atomic mass is 10.0. The van der Waals surface area contributed by atoms with Crippen LogP contribution in [0.4, 0.5) is 0 Å². The van der Waals surface area contributed by atoms with Gasteiger partial charge in [-0.05, 0) is 54.3 Å². The number of aliphatic hydroxyl groups is 1. The van der Waals surface area contributed by atoms with Gasteiger partial charge in [0.05, 0.1) is 28.9 Å². The summed E-state index contributed by atoms with van der Waals surface area (Å²) in [5, 5.41) is 10.7. The van der Waals surface area contributed by atoms with E-state index in [-0.39, 0.29) is 6.04 Å². The number of β-amino-alcohol motifs (C(OH)–C–C–N with tert-alkyl or cyclic N) is 1. The first kappa shape index (κ1) is 16.5. The second kappa shape index (κ2) is 6.75. The van der Waals surface area contributed by atoms with Crippen molar-refractivity contribution in [3.05, 3.63) is 58.6 Å². The monoisotopic (exact) mass is 354 g/mol. The highest BCUT2D eigenvalue weighted by molar-refractivity contribution is 7.16. The zero-order valence-electron chi connectivity index (χ0n) is 14.5. The van der Waals surface area contributed by atoms with E-state index in [0.29, 0.717) is 6.54 Å². The predicted octanol–water partition coefficient (Wildman–Crippen LogP) is 3.96. The van der Waals surface area contributed by atoms with Gasteiger partial charge in [0.15, 0.2) is 0 Å². The third-order valence-corrected chi connectivity index (χ3v) is 5.98. The first-order chi connectivity index (χ1) is 12.2. The number of benzene rings is 2. The van der Waals surface area contributed by atoms with Gasteiger partial charge < -0.3 is 9.84 Å². The largest absolute Gasteiger partial charge is 0.497 e. The summed E-state index contributed by atoms with van der Waals surface area (Å²) < 4.78 is 6.55. The number of fused-ring (bicyclic) bond motifs is 2. The average molecular weight is 354 g/mol. The summed E-state index contributed by atoms with van der Waals surface area (Å²) >= 11 is 1.67. The van der Waals surface area contributed by atoms with Gasteiger partial charge in [-0.25, -0.2) is 4.98 Å². The van der Waals surface area contributed by atoms with Crippen molar-refractivity contribution in [3.63, 3.8) is 0 Å². The summed E-state index contributed by atoms with van der Waals surface area (Å²) in [7, 11) is 1.68. The van der Waals surface area contributed by atoms with Crippen LogP contribution < -0.4 is 4.74 Å². The normalized spacial score (nSPS) is 19.4. The minimum absolute atomic E-state index is 0.233. The number of rotatable bonds is 3. The number of hydrogen-bond acceptors (Lipinski definition) is 5. The number of ether oxygens (including phenoxy) is 1. The second-order valence-electron chi connectivity index (χ2n) is 6.58. The van der Waals surface area contributed by atoms with Gasteiger partial charge in [0, 0.05) is 19.1 Å². The van der Waals surface area contributed by atoms with Gasteiger partial charge in [-0.1, -0.05) is 12.1 Å². The van der Waals surface area contributed by atoms with Crippen LogP contribution in [0.25, 0.3) is 10.2 Å². The van der Waals surface area contributed by atoms with Crippen LogP contribution in [0.5, 0.6) is 5.75 Å². The molecular formula is C20H22N2O2S. The molecule has 3 aromatic rings. The summed E-state index contributed by atoms with van der Waals surface area (Å²) in [6.45, 7) is 3.75. The molecule has 0 amide bonds. The molecule has 4 nitrogen and oxygen atoms in total. The van der Waals surface area contributed by atoms with Crippen LogP contribution in [-0.4, -0.2) is 35.2 Å². The number of nitrogens with zero attached hydrogens (tertiary/aromatic N) is 2. The molecule has 0 fully saturated rings. The van der Waals surface area contributed by atoms with Crippen LogP contribution in [0.3, 0.4) is 0 Å². The first-order valence-electron chi connectivity index (χ1n) is 8.58. The maximum atomic E-state index is 10.7. The smallest absolute Gasteiger partial charge is 0.119 e. The Morgan fingerprint density at radius 1 is 1.28 bits per heavy atom. The van der Waals surface area contributed by atoms with Crippen molar-refractivity contribution in [2.75, 3.05) is 20.2 Å². The van der Waals surface area contributed by atoms with E-state index < -0.39 is 6.10 Å². The van der Waals surface area contributed by atoms with E-state index in [2.05, 4.69) is 35.0 Å². The molecule has 0 bridgehead atoms. The summed E-state index contributed by atoms with van der Waals surface area (Å²) in [5.74, 6) is 0.849. The Hall–Kier alpha value is -1.95. The highest BCUT2D eigenvalue weighted by Crippen LogP contribution is 2.32. The minimum Gasteiger partial charge on any atom is -0.497 e. The van der Waals surface area contributed by atoms with Gasteiger partial charge in [0.2, 0.25) is 0 Å². The fraction of sp³-hybridized carbons (Fsp3) is 0.350. The van der Waals surface area contributed by atoms with Gasteiger partial charge in [0.1, 0.15) is 5.75 Å². The Bertz CT molecular complexity index is 892. The molecule has 1 aliphatic heterocycles. The van der Waals surface area contributed by atoms with Crippen LogP contribution in [-0.2, 0) is 6.42 Å². The summed E-state index contributed by atoms with van der Waals surface area (Å²) in [6, 6.07) is 12.7. The molecule has 0 aliphatic carbocycles. The van der Waals surface area contributed by atoms with Crippen molar-refractivity contribution in [2.24, 2.45) is 0 Å². The molecule has 25 heavy (non-hydrogen) atoms. The van der Waals surface area contributed by atoms with Crippen molar-refractivity contribution in [2.45, 2.75) is 25.5 Å². The van der Waals surface area contributed by atoms with Crippen molar-refractivity contribution < 1.29 is 9.84 Å². The lowest BCUT2D eigenvalue weighted by molar-refractivity contribution is 0.0985. The molecule has 0 unspecified atom stereocenters. The Morgan fingerprint density at radius 3 is 3.00 bits per heavy atom. The molecule has 2 heterocycles. The molecule has 1 aromatic heterocycles. The molecule has 5 heteroatoms. The van der Waals surface area contributed by atoms with E-state index in [9.17, 15) is 5.11 Å². The summed E-state index contributed by atoms with van der Waals surface area (Å²) in [5.41, 5.74) is 6.38. The maximum absolute atomic E-state index is 10.7. The topological polar surface area (TPSA) is 45.6 Å². The molecule has 2 aromatic carbocycles. The minimum atomic E-state index is -0.478. The number of thiazole rings is 1. The van der Waals surface area contributed by atoms with E-state index in [1.165, 1.54) is 15.8 Å². The van der Waals surface area contributed by atoms with Crippen molar-refractivity contribution in [1.82, 2.24) is 9.88 Å². The molecule has 4 rings (SSSR count). The van der Waals surface area contributed by atoms with Gasteiger partial charge >= 0.3 is 0 Å². The van der Waals surface area contributed by atoms with E-state index in [1.54, 1.807) is 18.4 Å². The molecule has 1 N–H and O–H groups in total. The standard InChI is InChI=1S/C20H22N2O2S/c1-13(14-3-6-20-18(10-14)21-12-25-20)22-8-7-15-9-16(24-2)4-5-17(15)19(23)11-22/h3-6,9-10,12-13,19,23H,7-8,11H2,1-2H3/t13-,19-/m0/s1. The summed E-state index contributed by atoms with van der Waals surface area (Å²) in [4.78, 5) is 6.78. The molecule has 130 valence electrons. The van der Waals surface area contributed by atoms with Gasteiger partial charge in [-0.3, -0.25) is 4.90 Å². The number of hydrogen-bond donors (Lipinski definition) is 1. The highest BCUT2D eigenvalue weighted by atomic mass is 32.1. The van der Waals surface area contributed by atoms with E-state index in [0.717, 1.165) is 29.8 Å². The number of methoxy groups -OCH3 is 1. The molecule has 0 saturated carbocycles.